The number of benzene rings is 2. The van der Waals surface area contributed by atoms with E-state index in [1.165, 1.54) is 53.2 Å². The van der Waals surface area contributed by atoms with E-state index in [0.29, 0.717) is 17.1 Å². The molecule has 3 aromatic rings. The van der Waals surface area contributed by atoms with E-state index >= 15 is 0 Å². The fraction of sp³-hybridized carbons (Fsp3) is 0.200. The summed E-state index contributed by atoms with van der Waals surface area (Å²) in [5, 5.41) is 13.5. The van der Waals surface area contributed by atoms with Gasteiger partial charge in [-0.1, -0.05) is 6.07 Å². The lowest BCUT2D eigenvalue weighted by atomic mass is 10.2. The Labute approximate surface area is 175 Å². The predicted octanol–water partition coefficient (Wildman–Crippen LogP) is 3.76. The number of tetrazole rings is 1. The van der Waals surface area contributed by atoms with E-state index in [1.54, 1.807) is 13.8 Å². The third-order valence-electron chi connectivity index (χ3n) is 3.98. The highest BCUT2D eigenvalue weighted by Crippen LogP contribution is 2.30. The van der Waals surface area contributed by atoms with Gasteiger partial charge in [0.15, 0.2) is 17.3 Å². The van der Waals surface area contributed by atoms with Gasteiger partial charge in [-0.15, -0.1) is 5.10 Å². The van der Waals surface area contributed by atoms with E-state index in [-0.39, 0.29) is 23.8 Å². The Kier molecular flexibility index (Phi) is 6.85. The number of aromatic nitrogens is 4. The fourth-order valence-electron chi connectivity index (χ4n) is 2.65. The van der Waals surface area contributed by atoms with Crippen LogP contribution >= 0.6 is 0 Å². The molecule has 8 nitrogen and oxygen atoms in total. The molecule has 0 radical (unpaired) electrons. The first-order valence-corrected chi connectivity index (χ1v) is 9.13. The van der Waals surface area contributed by atoms with Crippen molar-refractivity contribution in [2.45, 2.75) is 20.5 Å². The van der Waals surface area contributed by atoms with Crippen LogP contribution in [0.2, 0.25) is 0 Å². The third-order valence-corrected chi connectivity index (χ3v) is 3.98. The van der Waals surface area contributed by atoms with Gasteiger partial charge in [-0.3, -0.25) is 4.79 Å². The number of nitrogens with one attached hydrogen (secondary N) is 1. The van der Waals surface area contributed by atoms with Crippen LogP contribution in [0.4, 0.5) is 18.9 Å². The van der Waals surface area contributed by atoms with Gasteiger partial charge in [-0.25, -0.2) is 4.39 Å². The SMILES string of the molecule is CCOc1cc(/C=C/C(=O)Nc2ccc(F)c(-n3nnnc3C)c2)ccc1OC(F)F. The summed E-state index contributed by atoms with van der Waals surface area (Å²) in [4.78, 5) is 12.3. The summed E-state index contributed by atoms with van der Waals surface area (Å²) in [5.74, 6) is -0.637. The molecule has 0 spiro atoms. The van der Waals surface area contributed by atoms with Crippen LogP contribution in [0.15, 0.2) is 42.5 Å². The van der Waals surface area contributed by atoms with Crippen molar-refractivity contribution in [3.63, 3.8) is 0 Å². The summed E-state index contributed by atoms with van der Waals surface area (Å²) in [6.07, 6.45) is 2.71. The molecule has 1 heterocycles. The standard InChI is InChI=1S/C20H18F3N5O3/c1-3-30-18-10-13(4-8-17(18)31-20(22)23)5-9-19(29)24-14-6-7-15(21)16(11-14)28-12(2)25-26-27-28/h4-11,20H,3H2,1-2H3,(H,24,29)/b9-5+. The number of nitrogens with zero attached hydrogens (tertiary/aromatic N) is 4. The van der Waals surface area contributed by atoms with Crippen LogP contribution in [0.1, 0.15) is 18.3 Å². The average Bonchev–Trinajstić information content (AvgIpc) is 3.15. The molecule has 1 N–H and O–H groups in total. The zero-order valence-corrected chi connectivity index (χ0v) is 16.6. The molecular formula is C20H18F3N5O3. The van der Waals surface area contributed by atoms with Crippen LogP contribution in [0.25, 0.3) is 11.8 Å². The molecule has 1 aromatic heterocycles. The number of anilines is 1. The normalized spacial score (nSPS) is 11.2. The van der Waals surface area contributed by atoms with Gasteiger partial charge in [0.1, 0.15) is 11.5 Å². The van der Waals surface area contributed by atoms with Crippen molar-refractivity contribution in [1.82, 2.24) is 20.2 Å². The number of hydrogen-bond donors (Lipinski definition) is 1. The third kappa shape index (κ3) is 5.59. The van der Waals surface area contributed by atoms with E-state index < -0.39 is 18.3 Å². The Morgan fingerprint density at radius 2 is 2.03 bits per heavy atom. The first-order valence-electron chi connectivity index (χ1n) is 9.13. The number of hydrogen-bond acceptors (Lipinski definition) is 6. The monoisotopic (exact) mass is 433 g/mol. The number of alkyl halides is 2. The summed E-state index contributed by atoms with van der Waals surface area (Å²) >= 11 is 0. The van der Waals surface area contributed by atoms with Crippen molar-refractivity contribution in [2.24, 2.45) is 0 Å². The maximum absolute atomic E-state index is 14.1. The molecule has 0 aliphatic rings. The molecule has 0 saturated carbocycles. The maximum Gasteiger partial charge on any atom is 0.387 e. The Morgan fingerprint density at radius 3 is 2.71 bits per heavy atom. The smallest absolute Gasteiger partial charge is 0.387 e. The second-order valence-corrected chi connectivity index (χ2v) is 6.14. The second-order valence-electron chi connectivity index (χ2n) is 6.14. The molecule has 0 bridgehead atoms. The van der Waals surface area contributed by atoms with Crippen LogP contribution in [-0.4, -0.2) is 39.3 Å². The number of amides is 1. The quantitative estimate of drug-likeness (QED) is 0.544. The molecule has 0 aliphatic heterocycles. The number of carbonyl (C=O) groups excluding carboxylic acids is 1. The van der Waals surface area contributed by atoms with Crippen molar-refractivity contribution < 1.29 is 27.4 Å². The lowest BCUT2D eigenvalue weighted by Gasteiger charge is -2.11. The molecule has 0 aliphatic carbocycles. The Bertz CT molecular complexity index is 1100. The molecule has 3 rings (SSSR count). The Hall–Kier alpha value is -3.89. The van der Waals surface area contributed by atoms with Crippen LogP contribution in [0.3, 0.4) is 0 Å². The minimum Gasteiger partial charge on any atom is -0.490 e. The van der Waals surface area contributed by atoms with E-state index in [9.17, 15) is 18.0 Å². The molecule has 162 valence electrons. The number of ether oxygens (including phenoxy) is 2. The van der Waals surface area contributed by atoms with Crippen molar-refractivity contribution in [3.05, 3.63) is 59.7 Å². The van der Waals surface area contributed by atoms with Crippen molar-refractivity contribution in [1.29, 1.82) is 0 Å². The lowest BCUT2D eigenvalue weighted by Crippen LogP contribution is -2.09. The van der Waals surface area contributed by atoms with Crippen molar-refractivity contribution in [2.75, 3.05) is 11.9 Å². The molecule has 0 atom stereocenters. The molecule has 11 heteroatoms. The second kappa shape index (κ2) is 9.74. The average molecular weight is 433 g/mol. The molecular weight excluding hydrogens is 415 g/mol. The zero-order chi connectivity index (χ0) is 22.4. The van der Waals surface area contributed by atoms with Gasteiger partial charge in [0.05, 0.1) is 6.61 Å². The first-order chi connectivity index (χ1) is 14.9. The lowest BCUT2D eigenvalue weighted by molar-refractivity contribution is -0.111. The van der Waals surface area contributed by atoms with Gasteiger partial charge >= 0.3 is 6.61 Å². The summed E-state index contributed by atoms with van der Waals surface area (Å²) in [7, 11) is 0. The maximum atomic E-state index is 14.1. The number of rotatable bonds is 8. The number of carbonyl (C=O) groups is 1. The summed E-state index contributed by atoms with van der Waals surface area (Å²) < 4.78 is 50.0. The van der Waals surface area contributed by atoms with Gasteiger partial charge < -0.3 is 14.8 Å². The summed E-state index contributed by atoms with van der Waals surface area (Å²) in [6.45, 7) is 0.586. The Morgan fingerprint density at radius 1 is 1.23 bits per heavy atom. The van der Waals surface area contributed by atoms with Gasteiger partial charge in [-0.2, -0.15) is 13.5 Å². The first kappa shape index (κ1) is 21.8. The van der Waals surface area contributed by atoms with Crippen LogP contribution in [0, 0.1) is 12.7 Å². The van der Waals surface area contributed by atoms with Gasteiger partial charge in [0.25, 0.3) is 0 Å². The fourth-order valence-corrected chi connectivity index (χ4v) is 2.65. The topological polar surface area (TPSA) is 91.2 Å². The van der Waals surface area contributed by atoms with Gasteiger partial charge in [0, 0.05) is 11.8 Å². The zero-order valence-electron chi connectivity index (χ0n) is 16.6. The van der Waals surface area contributed by atoms with Crippen LogP contribution in [-0.2, 0) is 4.79 Å². The van der Waals surface area contributed by atoms with E-state index in [4.69, 9.17) is 4.74 Å². The molecule has 0 unspecified atom stereocenters. The molecule has 1 amide bonds. The minimum atomic E-state index is -2.98. The summed E-state index contributed by atoms with van der Waals surface area (Å²) in [5.41, 5.74) is 0.946. The molecule has 31 heavy (non-hydrogen) atoms. The van der Waals surface area contributed by atoms with E-state index in [2.05, 4.69) is 25.6 Å². The molecule has 0 saturated heterocycles. The van der Waals surface area contributed by atoms with Crippen LogP contribution < -0.4 is 14.8 Å². The molecule has 2 aromatic carbocycles. The van der Waals surface area contributed by atoms with Crippen molar-refractivity contribution >= 4 is 17.7 Å². The van der Waals surface area contributed by atoms with Gasteiger partial charge in [0.2, 0.25) is 5.91 Å². The largest absolute Gasteiger partial charge is 0.490 e. The predicted molar refractivity (Wildman–Crippen MR) is 106 cm³/mol. The van der Waals surface area contributed by atoms with Crippen molar-refractivity contribution in [3.8, 4) is 17.2 Å². The number of halogens is 3. The number of aryl methyl sites for hydroxylation is 1. The van der Waals surface area contributed by atoms with E-state index in [0.717, 1.165) is 0 Å². The highest BCUT2D eigenvalue weighted by atomic mass is 19.3. The summed E-state index contributed by atoms with van der Waals surface area (Å²) in [6, 6.07) is 8.28. The highest BCUT2D eigenvalue weighted by molar-refractivity contribution is 6.02. The van der Waals surface area contributed by atoms with Crippen LogP contribution in [0.5, 0.6) is 11.5 Å². The van der Waals surface area contributed by atoms with E-state index in [1.807, 2.05) is 0 Å². The minimum absolute atomic E-state index is 0.0836. The Balaban J connectivity index is 1.74. The highest BCUT2D eigenvalue weighted by Gasteiger charge is 2.12. The van der Waals surface area contributed by atoms with Gasteiger partial charge in [-0.05, 0) is 66.2 Å². The molecule has 0 fully saturated rings.